The van der Waals surface area contributed by atoms with Gasteiger partial charge in [0, 0.05) is 23.1 Å². The summed E-state index contributed by atoms with van der Waals surface area (Å²) < 4.78 is 32.2. The molecule has 8 nitrogen and oxygen atoms in total. The van der Waals surface area contributed by atoms with Gasteiger partial charge in [0.05, 0.1) is 24.7 Å². The van der Waals surface area contributed by atoms with Crippen LogP contribution < -0.4 is 11.1 Å². The van der Waals surface area contributed by atoms with Crippen molar-refractivity contribution in [3.05, 3.63) is 28.2 Å². The zero-order chi connectivity index (χ0) is 17.0. The molecule has 3 N–H and O–H groups in total. The molecule has 0 saturated carbocycles. The van der Waals surface area contributed by atoms with E-state index in [-0.39, 0.29) is 30.1 Å². The average Bonchev–Trinajstić information content (AvgIpc) is 2.53. The molecule has 0 spiro atoms. The van der Waals surface area contributed by atoms with E-state index in [1.807, 2.05) is 0 Å². The lowest BCUT2D eigenvalue weighted by molar-refractivity contribution is -0.117. The molecule has 2 amide bonds. The van der Waals surface area contributed by atoms with E-state index >= 15 is 0 Å². The Morgan fingerprint density at radius 3 is 2.57 bits per heavy atom. The fraction of sp³-hybridized carbons (Fsp3) is 0.385. The van der Waals surface area contributed by atoms with E-state index < -0.39 is 21.8 Å². The van der Waals surface area contributed by atoms with Gasteiger partial charge < -0.3 is 15.8 Å². The number of nitrogens with zero attached hydrogens (tertiary/aromatic N) is 1. The molecule has 1 heterocycles. The minimum absolute atomic E-state index is 0.00822. The van der Waals surface area contributed by atoms with Crippen LogP contribution in [0.1, 0.15) is 10.4 Å². The van der Waals surface area contributed by atoms with E-state index in [1.165, 1.54) is 22.5 Å². The third-order valence-electron chi connectivity index (χ3n) is 3.20. The third kappa shape index (κ3) is 4.28. The summed E-state index contributed by atoms with van der Waals surface area (Å²) in [5, 5.41) is 2.32. The van der Waals surface area contributed by atoms with Crippen LogP contribution in [-0.4, -0.2) is 57.4 Å². The monoisotopic (exact) mass is 405 g/mol. The standard InChI is InChI=1S/C13H16BrN3O5S/c14-10-2-1-9(13(19)16-8-12(15)18)7-11(10)23(20,21)17-3-5-22-6-4-17/h1-2,7H,3-6,8H2,(H2,15,18)(H,16,19). The maximum absolute atomic E-state index is 12.7. The molecule has 1 aliphatic rings. The zero-order valence-corrected chi connectivity index (χ0v) is 14.5. The summed E-state index contributed by atoms with van der Waals surface area (Å²) >= 11 is 3.20. The highest BCUT2D eigenvalue weighted by molar-refractivity contribution is 9.10. The minimum Gasteiger partial charge on any atom is -0.379 e. The van der Waals surface area contributed by atoms with Gasteiger partial charge in [0.25, 0.3) is 5.91 Å². The predicted octanol–water partition coefficient (Wildman–Crippen LogP) is -0.315. The number of hydrogen-bond acceptors (Lipinski definition) is 5. The van der Waals surface area contributed by atoms with Gasteiger partial charge in [0.1, 0.15) is 0 Å². The van der Waals surface area contributed by atoms with E-state index in [9.17, 15) is 18.0 Å². The largest absolute Gasteiger partial charge is 0.379 e. The lowest BCUT2D eigenvalue weighted by atomic mass is 10.2. The van der Waals surface area contributed by atoms with Crippen LogP contribution in [0.25, 0.3) is 0 Å². The molecule has 0 bridgehead atoms. The Balaban J connectivity index is 2.29. The first-order valence-electron chi connectivity index (χ1n) is 6.76. The lowest BCUT2D eigenvalue weighted by Crippen LogP contribution is -2.40. The molecule has 1 aromatic carbocycles. The number of carbonyl (C=O) groups excluding carboxylic acids is 2. The van der Waals surface area contributed by atoms with Crippen LogP contribution in [0.5, 0.6) is 0 Å². The summed E-state index contributed by atoms with van der Waals surface area (Å²) in [6.45, 7) is 0.853. The van der Waals surface area contributed by atoms with E-state index in [4.69, 9.17) is 10.5 Å². The van der Waals surface area contributed by atoms with Crippen LogP contribution in [-0.2, 0) is 19.6 Å². The Labute approximate surface area is 142 Å². The Bertz CT molecular complexity index is 716. The summed E-state index contributed by atoms with van der Waals surface area (Å²) in [4.78, 5) is 22.7. The lowest BCUT2D eigenvalue weighted by Gasteiger charge is -2.26. The smallest absolute Gasteiger partial charge is 0.251 e. The molecule has 0 atom stereocenters. The van der Waals surface area contributed by atoms with Crippen LogP contribution in [0.3, 0.4) is 0 Å². The number of sulfonamides is 1. The predicted molar refractivity (Wildman–Crippen MR) is 85.2 cm³/mol. The van der Waals surface area contributed by atoms with E-state index in [2.05, 4.69) is 21.2 Å². The molecule has 1 saturated heterocycles. The first-order valence-corrected chi connectivity index (χ1v) is 8.99. The minimum atomic E-state index is -3.75. The molecule has 0 aromatic heterocycles. The van der Waals surface area contributed by atoms with E-state index in [1.54, 1.807) is 0 Å². The molecular formula is C13H16BrN3O5S. The van der Waals surface area contributed by atoms with Gasteiger partial charge in [0.15, 0.2) is 0 Å². The van der Waals surface area contributed by atoms with Gasteiger partial charge in [-0.25, -0.2) is 8.42 Å². The molecule has 2 rings (SSSR count). The van der Waals surface area contributed by atoms with Crippen molar-refractivity contribution in [2.24, 2.45) is 5.73 Å². The second-order valence-electron chi connectivity index (χ2n) is 4.81. The molecule has 1 aliphatic heterocycles. The fourth-order valence-corrected chi connectivity index (χ4v) is 4.40. The number of halogens is 1. The molecule has 1 fully saturated rings. The van der Waals surface area contributed by atoms with Crippen molar-refractivity contribution in [1.29, 1.82) is 0 Å². The van der Waals surface area contributed by atoms with E-state index in [0.29, 0.717) is 17.7 Å². The van der Waals surface area contributed by atoms with E-state index in [0.717, 1.165) is 0 Å². The highest BCUT2D eigenvalue weighted by Gasteiger charge is 2.28. The Kier molecular flexibility index (Phi) is 5.74. The highest BCUT2D eigenvalue weighted by Crippen LogP contribution is 2.26. The van der Waals surface area contributed by atoms with Crippen LogP contribution in [0.2, 0.25) is 0 Å². The number of nitrogens with two attached hydrogens (primary N) is 1. The van der Waals surface area contributed by atoms with Gasteiger partial charge in [0.2, 0.25) is 15.9 Å². The number of ether oxygens (including phenoxy) is 1. The van der Waals surface area contributed by atoms with Crippen molar-refractivity contribution in [2.45, 2.75) is 4.90 Å². The van der Waals surface area contributed by atoms with Gasteiger partial charge in [-0.3, -0.25) is 9.59 Å². The number of amides is 2. The number of hydrogen-bond donors (Lipinski definition) is 2. The second kappa shape index (κ2) is 7.39. The maximum Gasteiger partial charge on any atom is 0.251 e. The van der Waals surface area contributed by atoms with Crippen molar-refractivity contribution >= 4 is 37.8 Å². The Hall–Kier alpha value is -1.49. The molecule has 126 valence electrons. The SMILES string of the molecule is NC(=O)CNC(=O)c1ccc(Br)c(S(=O)(=O)N2CCOCC2)c1. The second-order valence-corrected chi connectivity index (χ2v) is 7.57. The molecule has 0 aliphatic carbocycles. The summed E-state index contributed by atoms with van der Waals surface area (Å²) in [7, 11) is -3.75. The van der Waals surface area contributed by atoms with Gasteiger partial charge >= 0.3 is 0 Å². The molecule has 0 radical (unpaired) electrons. The topological polar surface area (TPSA) is 119 Å². The highest BCUT2D eigenvalue weighted by atomic mass is 79.9. The quantitative estimate of drug-likeness (QED) is 0.695. The van der Waals surface area contributed by atoms with Gasteiger partial charge in [-0.15, -0.1) is 0 Å². The third-order valence-corrected chi connectivity index (χ3v) is 6.10. The van der Waals surface area contributed by atoms with Crippen molar-refractivity contribution in [1.82, 2.24) is 9.62 Å². The van der Waals surface area contributed by atoms with Gasteiger partial charge in [-0.1, -0.05) is 0 Å². The number of carbonyl (C=O) groups is 2. The van der Waals surface area contributed by atoms with Crippen LogP contribution in [0.4, 0.5) is 0 Å². The Morgan fingerprint density at radius 1 is 1.30 bits per heavy atom. The number of benzene rings is 1. The number of rotatable bonds is 5. The molecule has 10 heteroatoms. The molecule has 23 heavy (non-hydrogen) atoms. The number of primary amides is 1. The average molecular weight is 406 g/mol. The Morgan fingerprint density at radius 2 is 1.96 bits per heavy atom. The van der Waals surface area contributed by atoms with Crippen molar-refractivity contribution < 1.29 is 22.7 Å². The first-order chi connectivity index (χ1) is 10.8. The zero-order valence-electron chi connectivity index (χ0n) is 12.1. The molecule has 1 aromatic rings. The maximum atomic E-state index is 12.7. The summed E-state index contributed by atoms with van der Waals surface area (Å²) in [5.41, 5.74) is 5.09. The van der Waals surface area contributed by atoms with Crippen molar-refractivity contribution in [3.63, 3.8) is 0 Å². The first kappa shape index (κ1) is 17.9. The fourth-order valence-electron chi connectivity index (χ4n) is 2.04. The van der Waals surface area contributed by atoms with Crippen molar-refractivity contribution in [2.75, 3.05) is 32.8 Å². The van der Waals surface area contributed by atoms with Crippen LogP contribution >= 0.6 is 15.9 Å². The van der Waals surface area contributed by atoms with Crippen LogP contribution in [0, 0.1) is 0 Å². The summed E-state index contributed by atoms with van der Waals surface area (Å²) in [5.74, 6) is -1.26. The molecule has 0 unspecified atom stereocenters. The van der Waals surface area contributed by atoms with Crippen molar-refractivity contribution in [3.8, 4) is 0 Å². The van der Waals surface area contributed by atoms with Gasteiger partial charge in [-0.05, 0) is 34.1 Å². The summed E-state index contributed by atoms with van der Waals surface area (Å²) in [6, 6.07) is 4.20. The normalized spacial score (nSPS) is 16.0. The van der Waals surface area contributed by atoms with Crippen LogP contribution in [0.15, 0.2) is 27.6 Å². The number of nitrogens with one attached hydrogen (secondary N) is 1. The number of morpholine rings is 1. The molecular weight excluding hydrogens is 390 g/mol. The van der Waals surface area contributed by atoms with Gasteiger partial charge in [-0.2, -0.15) is 4.31 Å². The summed E-state index contributed by atoms with van der Waals surface area (Å²) in [6.07, 6.45) is 0.